The van der Waals surface area contributed by atoms with E-state index >= 15 is 0 Å². The minimum Gasteiger partial charge on any atom is -0.376 e. The molecule has 0 aliphatic carbocycles. The van der Waals surface area contributed by atoms with E-state index in [-0.39, 0.29) is 17.9 Å². The number of amides is 2. The van der Waals surface area contributed by atoms with Crippen molar-refractivity contribution in [2.75, 3.05) is 18.5 Å². The van der Waals surface area contributed by atoms with Crippen molar-refractivity contribution in [3.63, 3.8) is 0 Å². The average molecular weight is 473 g/mol. The molecule has 0 spiro atoms. The van der Waals surface area contributed by atoms with Crippen LogP contribution in [0, 0.1) is 0 Å². The Bertz CT molecular complexity index is 892. The zero-order valence-corrected chi connectivity index (χ0v) is 18.4. The summed E-state index contributed by atoms with van der Waals surface area (Å²) in [5, 5.41) is 8.76. The van der Waals surface area contributed by atoms with E-state index in [9.17, 15) is 9.59 Å². The van der Waals surface area contributed by atoms with E-state index in [1.165, 1.54) is 6.92 Å². The number of anilines is 1. The maximum absolute atomic E-state index is 12.7. The third kappa shape index (κ3) is 6.96. The van der Waals surface area contributed by atoms with Crippen LogP contribution in [-0.4, -0.2) is 37.0 Å². The molecule has 2 amide bonds. The molecular formula is C22H25BrN4O3. The molecule has 1 aliphatic rings. The quantitative estimate of drug-likeness (QED) is 0.443. The molecule has 3 rings (SSSR count). The summed E-state index contributed by atoms with van der Waals surface area (Å²) in [5.41, 5.74) is 2.24. The van der Waals surface area contributed by atoms with Crippen molar-refractivity contribution in [2.45, 2.75) is 32.4 Å². The number of guanidine groups is 1. The summed E-state index contributed by atoms with van der Waals surface area (Å²) in [6.07, 6.45) is 2.09. The predicted molar refractivity (Wildman–Crippen MR) is 120 cm³/mol. The van der Waals surface area contributed by atoms with E-state index in [0.29, 0.717) is 24.6 Å². The lowest BCUT2D eigenvalue weighted by molar-refractivity contribution is -0.119. The van der Waals surface area contributed by atoms with Crippen LogP contribution in [-0.2, 0) is 16.1 Å². The van der Waals surface area contributed by atoms with Gasteiger partial charge in [-0.2, -0.15) is 0 Å². The van der Waals surface area contributed by atoms with Crippen molar-refractivity contribution in [2.24, 2.45) is 4.99 Å². The van der Waals surface area contributed by atoms with Crippen LogP contribution in [0.3, 0.4) is 0 Å². The highest BCUT2D eigenvalue weighted by Gasteiger charge is 2.16. The molecule has 0 radical (unpaired) electrons. The number of nitrogens with zero attached hydrogens (tertiary/aromatic N) is 1. The zero-order valence-electron chi connectivity index (χ0n) is 16.8. The van der Waals surface area contributed by atoms with E-state index in [0.717, 1.165) is 35.2 Å². The molecule has 1 heterocycles. The summed E-state index contributed by atoms with van der Waals surface area (Å²) in [6, 6.07) is 14.7. The molecule has 2 aromatic carbocycles. The van der Waals surface area contributed by atoms with Crippen molar-refractivity contribution in [1.29, 1.82) is 0 Å². The Morgan fingerprint density at radius 3 is 2.50 bits per heavy atom. The number of ether oxygens (including phenoxy) is 1. The first-order valence-corrected chi connectivity index (χ1v) is 10.6. The minimum atomic E-state index is -0.267. The highest BCUT2D eigenvalue weighted by atomic mass is 79.9. The zero-order chi connectivity index (χ0) is 21.3. The SMILES string of the molecule is CC(=O)NCc1ccc(C(=O)NC(=NC[C@@H]2CCCO2)Nc2ccc(Br)cc2)cc1. The van der Waals surface area contributed by atoms with Gasteiger partial charge >= 0.3 is 0 Å². The number of nitrogens with one attached hydrogen (secondary N) is 3. The summed E-state index contributed by atoms with van der Waals surface area (Å²) in [4.78, 5) is 28.3. The molecule has 1 saturated heterocycles. The molecular weight excluding hydrogens is 448 g/mol. The number of carbonyl (C=O) groups is 2. The molecule has 1 aliphatic heterocycles. The van der Waals surface area contributed by atoms with E-state index < -0.39 is 0 Å². The fourth-order valence-electron chi connectivity index (χ4n) is 2.94. The average Bonchev–Trinajstić information content (AvgIpc) is 3.26. The lowest BCUT2D eigenvalue weighted by Gasteiger charge is -2.14. The first-order chi connectivity index (χ1) is 14.5. The number of halogens is 1. The maximum atomic E-state index is 12.7. The van der Waals surface area contributed by atoms with Crippen molar-refractivity contribution in [3.8, 4) is 0 Å². The van der Waals surface area contributed by atoms with Gasteiger partial charge in [-0.05, 0) is 54.8 Å². The smallest absolute Gasteiger partial charge is 0.257 e. The Labute approximate surface area is 184 Å². The molecule has 0 unspecified atom stereocenters. The molecule has 0 saturated carbocycles. The normalized spacial score (nSPS) is 16.2. The van der Waals surface area contributed by atoms with Gasteiger partial charge in [-0.15, -0.1) is 0 Å². The van der Waals surface area contributed by atoms with E-state index in [2.05, 4.69) is 36.9 Å². The fourth-order valence-corrected chi connectivity index (χ4v) is 3.21. The van der Waals surface area contributed by atoms with Gasteiger partial charge in [0.05, 0.1) is 12.6 Å². The molecule has 2 aromatic rings. The van der Waals surface area contributed by atoms with Crippen molar-refractivity contribution >= 4 is 39.4 Å². The number of hydrogen-bond acceptors (Lipinski definition) is 4. The number of carbonyl (C=O) groups excluding carboxylic acids is 2. The van der Waals surface area contributed by atoms with Gasteiger partial charge in [0.1, 0.15) is 0 Å². The summed E-state index contributed by atoms with van der Waals surface area (Å²) in [7, 11) is 0. The molecule has 8 heteroatoms. The van der Waals surface area contributed by atoms with Crippen LogP contribution in [0.25, 0.3) is 0 Å². The van der Waals surface area contributed by atoms with Crippen LogP contribution in [0.5, 0.6) is 0 Å². The third-order valence-electron chi connectivity index (χ3n) is 4.57. The maximum Gasteiger partial charge on any atom is 0.257 e. The highest BCUT2D eigenvalue weighted by molar-refractivity contribution is 9.10. The van der Waals surface area contributed by atoms with Crippen LogP contribution in [0.4, 0.5) is 5.69 Å². The molecule has 7 nitrogen and oxygen atoms in total. The van der Waals surface area contributed by atoms with Crippen molar-refractivity contribution < 1.29 is 14.3 Å². The standard InChI is InChI=1S/C22H25BrN4O3/c1-15(28)24-13-16-4-6-17(7-5-16)21(29)27-22(25-14-20-3-2-12-30-20)26-19-10-8-18(23)9-11-19/h4-11,20H,2-3,12-14H2,1H3,(H,24,28)(H2,25,26,27,29)/t20-/m0/s1. The van der Waals surface area contributed by atoms with E-state index in [1.54, 1.807) is 12.1 Å². The van der Waals surface area contributed by atoms with Crippen LogP contribution >= 0.6 is 15.9 Å². The second-order valence-electron chi connectivity index (χ2n) is 7.02. The topological polar surface area (TPSA) is 91.8 Å². The van der Waals surface area contributed by atoms with Gasteiger partial charge in [0, 0.05) is 35.8 Å². The van der Waals surface area contributed by atoms with Crippen LogP contribution < -0.4 is 16.0 Å². The summed E-state index contributed by atoms with van der Waals surface area (Å²) >= 11 is 3.42. The Morgan fingerprint density at radius 1 is 1.13 bits per heavy atom. The Morgan fingerprint density at radius 2 is 1.87 bits per heavy atom. The third-order valence-corrected chi connectivity index (χ3v) is 5.10. The molecule has 1 fully saturated rings. The molecule has 3 N–H and O–H groups in total. The van der Waals surface area contributed by atoms with Crippen molar-refractivity contribution in [3.05, 3.63) is 64.1 Å². The molecule has 158 valence electrons. The van der Waals surface area contributed by atoms with Gasteiger partial charge in [0.15, 0.2) is 0 Å². The molecule has 30 heavy (non-hydrogen) atoms. The van der Waals surface area contributed by atoms with Crippen LogP contribution in [0.2, 0.25) is 0 Å². The summed E-state index contributed by atoms with van der Waals surface area (Å²) < 4.78 is 6.60. The number of rotatable bonds is 6. The van der Waals surface area contributed by atoms with Gasteiger partial charge in [-0.25, -0.2) is 4.99 Å². The Kier molecular flexibility index (Phi) is 7.98. The fraction of sp³-hybridized carbons (Fsp3) is 0.318. The molecule has 1 atom stereocenters. The predicted octanol–water partition coefficient (Wildman–Crippen LogP) is 3.46. The Hall–Kier alpha value is -2.71. The van der Waals surface area contributed by atoms with Gasteiger partial charge in [-0.1, -0.05) is 28.1 Å². The van der Waals surface area contributed by atoms with E-state index in [4.69, 9.17) is 4.74 Å². The molecule has 0 bridgehead atoms. The second-order valence-corrected chi connectivity index (χ2v) is 7.93. The first kappa shape index (κ1) is 22.0. The van der Waals surface area contributed by atoms with Gasteiger partial charge < -0.3 is 15.4 Å². The lowest BCUT2D eigenvalue weighted by Crippen LogP contribution is -2.36. The number of benzene rings is 2. The van der Waals surface area contributed by atoms with Crippen LogP contribution in [0.15, 0.2) is 58.0 Å². The molecule has 0 aromatic heterocycles. The van der Waals surface area contributed by atoms with Gasteiger partial charge in [-0.3, -0.25) is 14.9 Å². The second kappa shape index (κ2) is 10.9. The highest BCUT2D eigenvalue weighted by Crippen LogP contribution is 2.15. The monoisotopic (exact) mass is 472 g/mol. The minimum absolute atomic E-state index is 0.0803. The van der Waals surface area contributed by atoms with Gasteiger partial charge in [0.25, 0.3) is 5.91 Å². The summed E-state index contributed by atoms with van der Waals surface area (Å²) in [5.74, 6) is 0.0138. The van der Waals surface area contributed by atoms with Gasteiger partial charge in [0.2, 0.25) is 11.9 Å². The first-order valence-electron chi connectivity index (χ1n) is 9.83. The number of hydrogen-bond donors (Lipinski definition) is 3. The Balaban J connectivity index is 1.67. The summed E-state index contributed by atoms with van der Waals surface area (Å²) in [6.45, 7) is 3.13. The number of aliphatic imine (C=N–C) groups is 1. The van der Waals surface area contributed by atoms with Crippen molar-refractivity contribution in [1.82, 2.24) is 10.6 Å². The van der Waals surface area contributed by atoms with E-state index in [1.807, 2.05) is 36.4 Å². The van der Waals surface area contributed by atoms with Crippen LogP contribution in [0.1, 0.15) is 35.7 Å². The largest absolute Gasteiger partial charge is 0.376 e. The lowest BCUT2D eigenvalue weighted by atomic mass is 10.1.